The van der Waals surface area contributed by atoms with Crippen LogP contribution in [0.2, 0.25) is 0 Å². The van der Waals surface area contributed by atoms with Gasteiger partial charge in [0, 0.05) is 19.9 Å². The molecule has 3 N–H and O–H groups in total. The minimum Gasteiger partial charge on any atom is -0.478 e. The SMILES string of the molecule is Cc1nc(CCNS(=O)(=O)c2[nH]ncc2C(=O)O)no1. The van der Waals surface area contributed by atoms with Gasteiger partial charge in [-0.1, -0.05) is 5.16 Å². The molecule has 2 rings (SSSR count). The van der Waals surface area contributed by atoms with Crippen LogP contribution in [0, 0.1) is 6.92 Å². The zero-order valence-corrected chi connectivity index (χ0v) is 11.1. The van der Waals surface area contributed by atoms with Crippen LogP contribution >= 0.6 is 0 Å². The number of nitrogens with zero attached hydrogens (tertiary/aromatic N) is 3. The fourth-order valence-electron chi connectivity index (χ4n) is 1.44. The molecule has 0 aliphatic heterocycles. The first-order chi connectivity index (χ1) is 9.40. The molecule has 0 aromatic carbocycles. The fraction of sp³-hybridized carbons (Fsp3) is 0.333. The standard InChI is InChI=1S/C9H11N5O5S/c1-5-12-7(14-19-5)2-3-11-20(17,18)8-6(9(15)16)4-10-13-8/h4,11H,2-3H2,1H3,(H,10,13)(H,15,16). The van der Waals surface area contributed by atoms with Crippen molar-refractivity contribution < 1.29 is 22.8 Å². The Labute approximate surface area is 113 Å². The van der Waals surface area contributed by atoms with Gasteiger partial charge in [0.05, 0.1) is 6.20 Å². The Hall–Kier alpha value is -2.27. The Kier molecular flexibility index (Phi) is 3.81. The van der Waals surface area contributed by atoms with Crippen LogP contribution in [0.5, 0.6) is 0 Å². The minimum atomic E-state index is -3.99. The average Bonchev–Trinajstić information content (AvgIpc) is 2.97. The first-order valence-corrected chi connectivity index (χ1v) is 6.94. The molecule has 108 valence electrons. The van der Waals surface area contributed by atoms with Gasteiger partial charge in [-0.2, -0.15) is 10.1 Å². The smallest absolute Gasteiger partial charge is 0.340 e. The highest BCUT2D eigenvalue weighted by molar-refractivity contribution is 7.89. The van der Waals surface area contributed by atoms with E-state index in [9.17, 15) is 13.2 Å². The van der Waals surface area contributed by atoms with Crippen LogP contribution in [0.25, 0.3) is 0 Å². The molecule has 10 nitrogen and oxygen atoms in total. The van der Waals surface area contributed by atoms with Crippen molar-refractivity contribution in [3.63, 3.8) is 0 Å². The molecule has 0 bridgehead atoms. The number of H-pyrrole nitrogens is 1. The number of hydrogen-bond donors (Lipinski definition) is 3. The van der Waals surface area contributed by atoms with E-state index in [2.05, 4.69) is 25.1 Å². The fourth-order valence-corrected chi connectivity index (χ4v) is 2.56. The number of carbonyl (C=O) groups is 1. The van der Waals surface area contributed by atoms with Gasteiger partial charge in [-0.3, -0.25) is 5.10 Å². The van der Waals surface area contributed by atoms with Gasteiger partial charge in [0.25, 0.3) is 10.0 Å². The van der Waals surface area contributed by atoms with E-state index in [4.69, 9.17) is 9.63 Å². The maximum atomic E-state index is 11.9. The molecule has 11 heteroatoms. The van der Waals surface area contributed by atoms with E-state index in [1.807, 2.05) is 0 Å². The van der Waals surface area contributed by atoms with E-state index in [1.54, 1.807) is 6.92 Å². The summed E-state index contributed by atoms with van der Waals surface area (Å²) in [6.07, 6.45) is 1.15. The number of aromatic carboxylic acids is 1. The summed E-state index contributed by atoms with van der Waals surface area (Å²) >= 11 is 0. The Morgan fingerprint density at radius 1 is 1.55 bits per heavy atom. The molecule has 2 aromatic heterocycles. The van der Waals surface area contributed by atoms with Crippen LogP contribution < -0.4 is 4.72 Å². The largest absolute Gasteiger partial charge is 0.478 e. The number of carboxylic acid groups (broad SMARTS) is 1. The summed E-state index contributed by atoms with van der Waals surface area (Å²) in [5.74, 6) is -0.647. The summed E-state index contributed by atoms with van der Waals surface area (Å²) in [6, 6.07) is 0. The third kappa shape index (κ3) is 3.00. The maximum Gasteiger partial charge on any atom is 0.340 e. The van der Waals surface area contributed by atoms with Gasteiger partial charge in [0.15, 0.2) is 10.9 Å². The molecule has 0 saturated carbocycles. The lowest BCUT2D eigenvalue weighted by Crippen LogP contribution is -2.28. The highest BCUT2D eigenvalue weighted by atomic mass is 32.2. The lowest BCUT2D eigenvalue weighted by atomic mass is 10.4. The molecule has 20 heavy (non-hydrogen) atoms. The quantitative estimate of drug-likeness (QED) is 0.634. The Bertz CT molecular complexity index is 719. The number of hydrogen-bond acceptors (Lipinski definition) is 7. The Morgan fingerprint density at radius 2 is 2.30 bits per heavy atom. The van der Waals surface area contributed by atoms with Crippen molar-refractivity contribution in [3.8, 4) is 0 Å². The molecule has 0 atom stereocenters. The number of aromatic nitrogens is 4. The molecular weight excluding hydrogens is 290 g/mol. The molecule has 2 heterocycles. The summed E-state index contributed by atoms with van der Waals surface area (Å²) < 4.78 is 30.8. The van der Waals surface area contributed by atoms with Crippen LogP contribution in [-0.2, 0) is 16.4 Å². The lowest BCUT2D eigenvalue weighted by Gasteiger charge is -2.03. The average molecular weight is 301 g/mol. The summed E-state index contributed by atoms with van der Waals surface area (Å²) in [7, 11) is -3.99. The summed E-state index contributed by atoms with van der Waals surface area (Å²) in [5.41, 5.74) is -0.423. The van der Waals surface area contributed by atoms with Crippen molar-refractivity contribution in [1.82, 2.24) is 25.1 Å². The number of carboxylic acids is 1. The van der Waals surface area contributed by atoms with E-state index in [0.717, 1.165) is 6.20 Å². The zero-order chi connectivity index (χ0) is 14.8. The number of rotatable bonds is 6. The highest BCUT2D eigenvalue weighted by Crippen LogP contribution is 2.11. The van der Waals surface area contributed by atoms with Crippen molar-refractivity contribution in [1.29, 1.82) is 0 Å². The van der Waals surface area contributed by atoms with Gasteiger partial charge in [0.2, 0.25) is 5.89 Å². The monoisotopic (exact) mass is 301 g/mol. The van der Waals surface area contributed by atoms with E-state index in [1.165, 1.54) is 0 Å². The normalized spacial score (nSPS) is 11.7. The van der Waals surface area contributed by atoms with Crippen LogP contribution in [0.1, 0.15) is 22.1 Å². The van der Waals surface area contributed by atoms with Crippen LogP contribution in [0.4, 0.5) is 0 Å². The molecule has 0 aliphatic rings. The first-order valence-electron chi connectivity index (χ1n) is 5.45. The topological polar surface area (TPSA) is 151 Å². The predicted octanol–water partition coefficient (Wildman–Crippen LogP) is -0.680. The molecule has 2 aromatic rings. The van der Waals surface area contributed by atoms with Gasteiger partial charge < -0.3 is 9.63 Å². The molecular formula is C9H11N5O5S. The number of aromatic amines is 1. The van der Waals surface area contributed by atoms with Gasteiger partial charge in [0.1, 0.15) is 5.56 Å². The second-order valence-electron chi connectivity index (χ2n) is 3.80. The van der Waals surface area contributed by atoms with Gasteiger partial charge in [-0.05, 0) is 0 Å². The van der Waals surface area contributed by atoms with E-state index >= 15 is 0 Å². The molecule has 0 amide bonds. The van der Waals surface area contributed by atoms with Crippen molar-refractivity contribution >= 4 is 16.0 Å². The second-order valence-corrected chi connectivity index (χ2v) is 5.50. The lowest BCUT2D eigenvalue weighted by molar-refractivity contribution is 0.0692. The zero-order valence-electron chi connectivity index (χ0n) is 10.3. The van der Waals surface area contributed by atoms with E-state index in [-0.39, 0.29) is 13.0 Å². The molecule has 0 spiro atoms. The number of sulfonamides is 1. The van der Waals surface area contributed by atoms with Gasteiger partial charge in [-0.15, -0.1) is 0 Å². The second kappa shape index (κ2) is 5.38. The van der Waals surface area contributed by atoms with Crippen LogP contribution in [-0.4, -0.2) is 46.4 Å². The van der Waals surface area contributed by atoms with Crippen molar-refractivity contribution in [2.45, 2.75) is 18.4 Å². The molecule has 0 saturated heterocycles. The van der Waals surface area contributed by atoms with Crippen LogP contribution in [0.3, 0.4) is 0 Å². The predicted molar refractivity (Wildman–Crippen MR) is 63.5 cm³/mol. The minimum absolute atomic E-state index is 0.000609. The molecule has 0 unspecified atom stereocenters. The van der Waals surface area contributed by atoms with Crippen molar-refractivity contribution in [2.24, 2.45) is 0 Å². The number of nitrogens with one attached hydrogen (secondary N) is 2. The summed E-state index contributed by atoms with van der Waals surface area (Å²) in [5, 5.41) is 17.5. The third-order valence-electron chi connectivity index (χ3n) is 2.31. The first kappa shape index (κ1) is 14.1. The summed E-state index contributed by atoms with van der Waals surface area (Å²) in [4.78, 5) is 14.8. The molecule has 0 fully saturated rings. The summed E-state index contributed by atoms with van der Waals surface area (Å²) in [6.45, 7) is 1.61. The van der Waals surface area contributed by atoms with Crippen molar-refractivity contribution in [3.05, 3.63) is 23.5 Å². The maximum absolute atomic E-state index is 11.9. The van der Waals surface area contributed by atoms with Crippen LogP contribution in [0.15, 0.2) is 15.7 Å². The number of aryl methyl sites for hydroxylation is 1. The molecule has 0 radical (unpaired) electrons. The Balaban J connectivity index is 2.04. The van der Waals surface area contributed by atoms with E-state index in [0.29, 0.717) is 11.7 Å². The molecule has 0 aliphatic carbocycles. The third-order valence-corrected chi connectivity index (χ3v) is 3.75. The van der Waals surface area contributed by atoms with E-state index < -0.39 is 26.6 Å². The van der Waals surface area contributed by atoms with Gasteiger partial charge >= 0.3 is 5.97 Å². The van der Waals surface area contributed by atoms with Crippen molar-refractivity contribution in [2.75, 3.05) is 6.54 Å². The Morgan fingerprint density at radius 3 is 2.90 bits per heavy atom. The van der Waals surface area contributed by atoms with Gasteiger partial charge in [-0.25, -0.2) is 17.9 Å². The highest BCUT2D eigenvalue weighted by Gasteiger charge is 2.24.